The van der Waals surface area contributed by atoms with Gasteiger partial charge in [-0.2, -0.15) is 0 Å². The highest BCUT2D eigenvalue weighted by Crippen LogP contribution is 2.40. The molecule has 6 heteroatoms. The number of pyridine rings is 1. The normalized spacial score (nSPS) is 10.5. The van der Waals surface area contributed by atoms with Crippen LogP contribution in [0.1, 0.15) is 26.5 Å². The molecule has 2 heterocycles. The lowest BCUT2D eigenvalue weighted by Crippen LogP contribution is -1.95. The Balaban J connectivity index is 0.00000117. The van der Waals surface area contributed by atoms with Gasteiger partial charge in [-0.1, -0.05) is 62.7 Å². The third kappa shape index (κ3) is 4.20. The van der Waals surface area contributed by atoms with Crippen LogP contribution in [0.2, 0.25) is 5.02 Å². The van der Waals surface area contributed by atoms with Gasteiger partial charge in [0, 0.05) is 16.9 Å². The number of aryl methyl sites for hydroxylation is 1. The number of benzene rings is 2. The zero-order valence-electron chi connectivity index (χ0n) is 16.6. The number of furan rings is 1. The van der Waals surface area contributed by atoms with Crippen LogP contribution >= 0.6 is 11.6 Å². The predicted molar refractivity (Wildman–Crippen MR) is 119 cm³/mol. The van der Waals surface area contributed by atoms with Crippen molar-refractivity contribution in [3.8, 4) is 11.3 Å². The van der Waals surface area contributed by atoms with Gasteiger partial charge >= 0.3 is 0 Å². The second kappa shape index (κ2) is 8.97. The van der Waals surface area contributed by atoms with Crippen molar-refractivity contribution in [2.24, 2.45) is 0 Å². The maximum Gasteiger partial charge on any atom is 0.215 e. The molecule has 0 amide bonds. The Kier molecular flexibility index (Phi) is 6.39. The van der Waals surface area contributed by atoms with Crippen LogP contribution in [0.15, 0.2) is 59.0 Å². The first kappa shape index (κ1) is 20.7. The maximum atomic E-state index is 13.4. The number of nitrogen functional groups attached to an aromatic ring is 1. The summed E-state index contributed by atoms with van der Waals surface area (Å²) in [4.78, 5) is 4.73. The van der Waals surface area contributed by atoms with Gasteiger partial charge in [0.25, 0.3) is 0 Å². The van der Waals surface area contributed by atoms with Gasteiger partial charge in [0.15, 0.2) is 5.58 Å². The van der Waals surface area contributed by atoms with Gasteiger partial charge < -0.3 is 15.5 Å². The second-order valence-electron chi connectivity index (χ2n) is 6.15. The molecule has 0 saturated carbocycles. The molecular weight excluding hydrogens is 389 g/mol. The van der Waals surface area contributed by atoms with Crippen LogP contribution in [0.25, 0.3) is 22.2 Å². The molecule has 0 saturated heterocycles. The Labute approximate surface area is 174 Å². The Hall–Kier alpha value is -3.05. The van der Waals surface area contributed by atoms with Crippen LogP contribution in [0, 0.1) is 5.82 Å². The van der Waals surface area contributed by atoms with Crippen LogP contribution in [0.3, 0.4) is 0 Å². The summed E-state index contributed by atoms with van der Waals surface area (Å²) in [5, 5.41) is 4.05. The van der Waals surface area contributed by atoms with E-state index >= 15 is 0 Å². The number of nitrogens with zero attached hydrogens (tertiary/aromatic N) is 1. The van der Waals surface area contributed by atoms with Crippen molar-refractivity contribution < 1.29 is 8.81 Å². The largest absolute Gasteiger partial charge is 0.436 e. The predicted octanol–water partition coefficient (Wildman–Crippen LogP) is 7.20. The molecule has 3 N–H and O–H groups in total. The van der Waals surface area contributed by atoms with Gasteiger partial charge in [-0.3, -0.25) is 0 Å². The fourth-order valence-electron chi connectivity index (χ4n) is 2.99. The number of nitrogens with one attached hydrogen (secondary N) is 1. The number of rotatable bonds is 4. The monoisotopic (exact) mass is 411 g/mol. The van der Waals surface area contributed by atoms with Crippen molar-refractivity contribution in [2.45, 2.75) is 27.2 Å². The molecular formula is C23H23ClFN3O. The Morgan fingerprint density at radius 1 is 1.10 bits per heavy atom. The van der Waals surface area contributed by atoms with Gasteiger partial charge in [-0.25, -0.2) is 9.37 Å². The average Bonchev–Trinajstić information content (AvgIpc) is 3.07. The van der Waals surface area contributed by atoms with Crippen LogP contribution in [0.4, 0.5) is 21.6 Å². The summed E-state index contributed by atoms with van der Waals surface area (Å²) in [5.74, 6) is -0.242. The molecule has 0 aliphatic carbocycles. The van der Waals surface area contributed by atoms with E-state index in [0.29, 0.717) is 17.0 Å². The third-order valence-corrected chi connectivity index (χ3v) is 4.64. The molecule has 0 bridgehead atoms. The number of nitrogens with two attached hydrogens (primary N) is 1. The van der Waals surface area contributed by atoms with Gasteiger partial charge in [0.1, 0.15) is 17.2 Å². The minimum Gasteiger partial charge on any atom is -0.436 e. The molecule has 2 aromatic heterocycles. The van der Waals surface area contributed by atoms with Crippen molar-refractivity contribution >= 4 is 39.8 Å². The summed E-state index contributed by atoms with van der Waals surface area (Å²) in [6.45, 7) is 6.04. The molecule has 4 rings (SSSR count). The zero-order valence-corrected chi connectivity index (χ0v) is 17.3. The standard InChI is InChI=1S/C21H17ClFN3O.C2H6/c1-2-13-10-15-19(26-14-8-9-17(23)16(22)11-14)21(24)27-20(15)18(25-13)12-6-4-3-5-7-12;1-2/h3-11,26H,2,24H2,1H3;1-2H3. The van der Waals surface area contributed by atoms with E-state index in [4.69, 9.17) is 26.7 Å². The molecule has 0 aliphatic heterocycles. The van der Waals surface area contributed by atoms with Gasteiger partial charge in [-0.15, -0.1) is 0 Å². The van der Waals surface area contributed by atoms with Crippen molar-refractivity contribution in [2.75, 3.05) is 11.1 Å². The highest BCUT2D eigenvalue weighted by atomic mass is 35.5. The van der Waals surface area contributed by atoms with E-state index in [0.717, 1.165) is 28.8 Å². The average molecular weight is 412 g/mol. The Morgan fingerprint density at radius 3 is 2.48 bits per heavy atom. The van der Waals surface area contributed by atoms with Crippen molar-refractivity contribution in [1.82, 2.24) is 4.98 Å². The lowest BCUT2D eigenvalue weighted by atomic mass is 10.1. The zero-order chi connectivity index (χ0) is 21.0. The van der Waals surface area contributed by atoms with Crippen LogP contribution in [-0.4, -0.2) is 4.98 Å². The minimum absolute atomic E-state index is 0.0345. The fourth-order valence-corrected chi connectivity index (χ4v) is 3.17. The third-order valence-electron chi connectivity index (χ3n) is 4.35. The Bertz CT molecular complexity index is 1130. The smallest absolute Gasteiger partial charge is 0.215 e. The molecule has 0 aliphatic rings. The van der Waals surface area contributed by atoms with Crippen LogP contribution in [0.5, 0.6) is 0 Å². The van der Waals surface area contributed by atoms with Crippen molar-refractivity contribution in [3.63, 3.8) is 0 Å². The number of aromatic nitrogens is 1. The first-order chi connectivity index (χ1) is 14.1. The van der Waals surface area contributed by atoms with E-state index in [1.54, 1.807) is 6.07 Å². The van der Waals surface area contributed by atoms with Gasteiger partial charge in [-0.05, 0) is 30.7 Å². The molecule has 0 fully saturated rings. The molecule has 150 valence electrons. The number of anilines is 3. The quantitative estimate of drug-likeness (QED) is 0.372. The molecule has 0 atom stereocenters. The van der Waals surface area contributed by atoms with E-state index in [1.165, 1.54) is 12.1 Å². The number of halogens is 2. The number of hydrogen-bond donors (Lipinski definition) is 2. The molecule has 0 spiro atoms. The first-order valence-corrected chi connectivity index (χ1v) is 9.94. The molecule has 0 radical (unpaired) electrons. The van der Waals surface area contributed by atoms with E-state index < -0.39 is 5.82 Å². The van der Waals surface area contributed by atoms with E-state index in [2.05, 4.69) is 5.32 Å². The van der Waals surface area contributed by atoms with Crippen LogP contribution in [-0.2, 0) is 6.42 Å². The summed E-state index contributed by atoms with van der Waals surface area (Å²) >= 11 is 5.89. The molecule has 0 unspecified atom stereocenters. The van der Waals surface area contributed by atoms with E-state index in [9.17, 15) is 4.39 Å². The van der Waals surface area contributed by atoms with Gasteiger partial charge in [0.2, 0.25) is 5.88 Å². The first-order valence-electron chi connectivity index (χ1n) is 9.56. The minimum atomic E-state index is -0.476. The number of hydrogen-bond acceptors (Lipinski definition) is 4. The highest BCUT2D eigenvalue weighted by molar-refractivity contribution is 6.31. The molecule has 4 nitrogen and oxygen atoms in total. The van der Waals surface area contributed by atoms with Gasteiger partial charge in [0.05, 0.1) is 10.4 Å². The fraction of sp³-hybridized carbons (Fsp3) is 0.174. The summed E-state index contributed by atoms with van der Waals surface area (Å²) in [5.41, 5.74) is 10.6. The highest BCUT2D eigenvalue weighted by Gasteiger charge is 2.19. The van der Waals surface area contributed by atoms with E-state index in [-0.39, 0.29) is 10.9 Å². The topological polar surface area (TPSA) is 64.1 Å². The summed E-state index contributed by atoms with van der Waals surface area (Å²) in [6.07, 6.45) is 0.767. The van der Waals surface area contributed by atoms with Crippen molar-refractivity contribution in [3.05, 3.63) is 71.1 Å². The van der Waals surface area contributed by atoms with E-state index in [1.807, 2.05) is 57.2 Å². The summed E-state index contributed by atoms with van der Waals surface area (Å²) in [6, 6.07) is 16.2. The summed E-state index contributed by atoms with van der Waals surface area (Å²) < 4.78 is 19.3. The lowest BCUT2D eigenvalue weighted by Gasteiger charge is -2.08. The summed E-state index contributed by atoms with van der Waals surface area (Å²) in [7, 11) is 0. The molecule has 2 aromatic carbocycles. The second-order valence-corrected chi connectivity index (χ2v) is 6.56. The van der Waals surface area contributed by atoms with Crippen LogP contribution < -0.4 is 11.1 Å². The molecule has 29 heavy (non-hydrogen) atoms. The number of fused-ring (bicyclic) bond motifs is 1. The lowest BCUT2D eigenvalue weighted by molar-refractivity contribution is 0.628. The molecule has 4 aromatic rings. The Morgan fingerprint density at radius 2 is 1.83 bits per heavy atom. The maximum absolute atomic E-state index is 13.4. The SMILES string of the molecule is CC.CCc1cc2c(Nc3ccc(F)c(Cl)c3)c(N)oc2c(-c2ccccc2)n1. The van der Waals surface area contributed by atoms with Crippen molar-refractivity contribution in [1.29, 1.82) is 0 Å².